The van der Waals surface area contributed by atoms with Crippen LogP contribution in [0, 0.1) is 6.92 Å². The van der Waals surface area contributed by atoms with Gasteiger partial charge in [-0.15, -0.1) is 11.3 Å². The summed E-state index contributed by atoms with van der Waals surface area (Å²) in [5.41, 5.74) is 5.81. The monoisotopic (exact) mass is 448 g/mol. The summed E-state index contributed by atoms with van der Waals surface area (Å²) in [5.74, 6) is -0.669. The molecular formula is C25H24N2O4S. The number of amides is 1. The summed E-state index contributed by atoms with van der Waals surface area (Å²) in [6.45, 7) is 2.60. The molecule has 0 fully saturated rings. The molecular weight excluding hydrogens is 424 g/mol. The van der Waals surface area contributed by atoms with Crippen molar-refractivity contribution in [3.05, 3.63) is 75.5 Å². The number of benzene rings is 1. The van der Waals surface area contributed by atoms with E-state index in [9.17, 15) is 9.59 Å². The average molecular weight is 449 g/mol. The first-order chi connectivity index (χ1) is 15.6. The summed E-state index contributed by atoms with van der Waals surface area (Å²) < 4.78 is 12.6. The molecule has 6 nitrogen and oxygen atoms in total. The third-order valence-electron chi connectivity index (χ3n) is 6.13. The van der Waals surface area contributed by atoms with E-state index in [1.165, 1.54) is 18.4 Å². The fraction of sp³-hybridized carbons (Fsp3) is 0.280. The van der Waals surface area contributed by atoms with E-state index in [4.69, 9.17) is 9.15 Å². The van der Waals surface area contributed by atoms with Crippen molar-refractivity contribution >= 4 is 39.3 Å². The first-order valence-electron chi connectivity index (χ1n) is 10.7. The Morgan fingerprint density at radius 1 is 1.19 bits per heavy atom. The minimum Gasteiger partial charge on any atom is -0.465 e. The first kappa shape index (κ1) is 20.6. The van der Waals surface area contributed by atoms with Crippen LogP contribution in [-0.4, -0.2) is 23.6 Å². The van der Waals surface area contributed by atoms with E-state index in [-0.39, 0.29) is 5.91 Å². The zero-order chi connectivity index (χ0) is 22.2. The number of nitrogens with zero attached hydrogens (tertiary/aromatic N) is 1. The molecule has 164 valence electrons. The summed E-state index contributed by atoms with van der Waals surface area (Å²) in [7, 11) is 1.38. The maximum atomic E-state index is 13.4. The van der Waals surface area contributed by atoms with Crippen LogP contribution in [0.15, 0.2) is 47.1 Å². The van der Waals surface area contributed by atoms with Crippen molar-refractivity contribution in [1.29, 1.82) is 0 Å². The highest BCUT2D eigenvalue weighted by atomic mass is 32.1. The molecule has 1 N–H and O–H groups in total. The molecule has 0 spiro atoms. The molecule has 32 heavy (non-hydrogen) atoms. The second-order valence-corrected chi connectivity index (χ2v) is 9.18. The van der Waals surface area contributed by atoms with Gasteiger partial charge >= 0.3 is 5.97 Å². The second kappa shape index (κ2) is 8.31. The van der Waals surface area contributed by atoms with Gasteiger partial charge in [-0.05, 0) is 49.3 Å². The lowest BCUT2D eigenvalue weighted by Crippen LogP contribution is -2.19. The second-order valence-electron chi connectivity index (χ2n) is 8.07. The maximum absolute atomic E-state index is 13.4. The molecule has 0 atom stereocenters. The third kappa shape index (κ3) is 3.52. The number of fused-ring (bicyclic) bond motifs is 2. The molecule has 4 aromatic rings. The maximum Gasteiger partial charge on any atom is 0.341 e. The zero-order valence-corrected chi connectivity index (χ0v) is 18.9. The number of thiophene rings is 1. The normalized spacial score (nSPS) is 13.2. The molecule has 7 heteroatoms. The number of nitrogens with one attached hydrogen (secondary N) is 1. The lowest BCUT2D eigenvalue weighted by atomic mass is 9.95. The number of furan rings is 1. The number of rotatable bonds is 5. The first-order valence-corrected chi connectivity index (χ1v) is 11.5. The summed E-state index contributed by atoms with van der Waals surface area (Å²) in [5, 5.41) is 3.57. The van der Waals surface area contributed by atoms with E-state index >= 15 is 0 Å². The molecule has 1 aliphatic carbocycles. The minimum absolute atomic E-state index is 0.270. The lowest BCUT2D eigenvalue weighted by molar-refractivity contribution is 0.0601. The van der Waals surface area contributed by atoms with Crippen molar-refractivity contribution in [2.24, 2.45) is 0 Å². The minimum atomic E-state index is -0.399. The van der Waals surface area contributed by atoms with E-state index in [1.54, 1.807) is 12.3 Å². The van der Waals surface area contributed by atoms with Crippen LogP contribution in [0.1, 0.15) is 55.3 Å². The van der Waals surface area contributed by atoms with Gasteiger partial charge in [0.2, 0.25) is 0 Å². The number of aromatic nitrogens is 1. The molecule has 0 aliphatic heterocycles. The molecule has 0 saturated carbocycles. The van der Waals surface area contributed by atoms with Gasteiger partial charge in [-0.1, -0.05) is 24.3 Å². The van der Waals surface area contributed by atoms with E-state index in [1.807, 2.05) is 22.8 Å². The topological polar surface area (TPSA) is 73.5 Å². The quantitative estimate of drug-likeness (QED) is 0.405. The number of aryl methyl sites for hydroxylation is 2. The van der Waals surface area contributed by atoms with Gasteiger partial charge in [-0.25, -0.2) is 4.79 Å². The van der Waals surface area contributed by atoms with Gasteiger partial charge in [0.25, 0.3) is 5.91 Å². The standard InChI is InChI=1S/C25H24N2O4S/c1-15-7-3-4-8-16(15)14-27-18-11-12-31-20(18)13-19(27)23(28)26-24-22(25(29)30-2)17-9-5-6-10-21(17)32-24/h3-4,7-8,11-13H,5-6,9-10,14H2,1-2H3,(H,26,28). The van der Waals surface area contributed by atoms with Gasteiger partial charge in [0.1, 0.15) is 10.7 Å². The number of ether oxygens (including phenoxy) is 1. The van der Waals surface area contributed by atoms with Crippen LogP contribution in [0.3, 0.4) is 0 Å². The Balaban J connectivity index is 1.53. The Bertz CT molecular complexity index is 1330. The zero-order valence-electron chi connectivity index (χ0n) is 18.1. The van der Waals surface area contributed by atoms with Crippen molar-refractivity contribution in [1.82, 2.24) is 4.57 Å². The Morgan fingerprint density at radius 2 is 2.00 bits per heavy atom. The van der Waals surface area contributed by atoms with Gasteiger partial charge in [-0.2, -0.15) is 0 Å². The number of anilines is 1. The number of carbonyl (C=O) groups excluding carboxylic acids is 2. The molecule has 1 amide bonds. The van der Waals surface area contributed by atoms with Crippen LogP contribution in [0.4, 0.5) is 5.00 Å². The highest BCUT2D eigenvalue weighted by Gasteiger charge is 2.28. The number of hydrogen-bond acceptors (Lipinski definition) is 5. The van der Waals surface area contributed by atoms with E-state index < -0.39 is 5.97 Å². The van der Waals surface area contributed by atoms with Crippen molar-refractivity contribution in [2.45, 2.75) is 39.2 Å². The smallest absolute Gasteiger partial charge is 0.341 e. The van der Waals surface area contributed by atoms with Crippen LogP contribution in [-0.2, 0) is 24.1 Å². The summed E-state index contributed by atoms with van der Waals surface area (Å²) in [6.07, 6.45) is 5.52. The van der Waals surface area contributed by atoms with Gasteiger partial charge in [-0.3, -0.25) is 4.79 Å². The van der Waals surface area contributed by atoms with Crippen molar-refractivity contribution in [3.63, 3.8) is 0 Å². The summed E-state index contributed by atoms with van der Waals surface area (Å²) in [6, 6.07) is 11.7. The Kier molecular flexibility index (Phi) is 5.35. The van der Waals surface area contributed by atoms with Crippen LogP contribution < -0.4 is 5.32 Å². The van der Waals surface area contributed by atoms with Gasteiger partial charge in [0, 0.05) is 23.6 Å². The molecule has 0 saturated heterocycles. The fourth-order valence-electron chi connectivity index (χ4n) is 4.43. The number of hydrogen-bond donors (Lipinski definition) is 1. The molecule has 0 radical (unpaired) electrons. The highest BCUT2D eigenvalue weighted by molar-refractivity contribution is 7.17. The fourth-order valence-corrected chi connectivity index (χ4v) is 5.70. The van der Waals surface area contributed by atoms with Gasteiger partial charge < -0.3 is 19.0 Å². The predicted octanol–water partition coefficient (Wildman–Crippen LogP) is 5.57. The average Bonchev–Trinajstić information content (AvgIpc) is 3.48. The largest absolute Gasteiger partial charge is 0.465 e. The van der Waals surface area contributed by atoms with E-state index in [2.05, 4.69) is 24.4 Å². The Labute approximate surface area is 189 Å². The van der Waals surface area contributed by atoms with Crippen LogP contribution >= 0.6 is 11.3 Å². The molecule has 0 bridgehead atoms. The third-order valence-corrected chi connectivity index (χ3v) is 7.34. The van der Waals surface area contributed by atoms with Gasteiger partial charge in [0.05, 0.1) is 24.5 Å². The van der Waals surface area contributed by atoms with E-state index in [0.29, 0.717) is 28.4 Å². The van der Waals surface area contributed by atoms with Crippen LogP contribution in [0.5, 0.6) is 0 Å². The van der Waals surface area contributed by atoms with Gasteiger partial charge in [0.15, 0.2) is 5.58 Å². The number of esters is 1. The summed E-state index contributed by atoms with van der Waals surface area (Å²) >= 11 is 1.48. The number of carbonyl (C=O) groups is 2. The Morgan fingerprint density at radius 3 is 2.81 bits per heavy atom. The highest BCUT2D eigenvalue weighted by Crippen LogP contribution is 2.39. The van der Waals surface area contributed by atoms with Crippen LogP contribution in [0.25, 0.3) is 11.1 Å². The molecule has 1 aliphatic rings. The summed E-state index contributed by atoms with van der Waals surface area (Å²) in [4.78, 5) is 27.1. The Hall–Kier alpha value is -3.32. The SMILES string of the molecule is COC(=O)c1c(NC(=O)c2cc3occc3n2Cc2ccccc2C)sc2c1CCCC2. The van der Waals surface area contributed by atoms with Crippen LogP contribution in [0.2, 0.25) is 0 Å². The van der Waals surface area contributed by atoms with Crippen molar-refractivity contribution in [3.8, 4) is 0 Å². The molecule has 3 heterocycles. The predicted molar refractivity (Wildman–Crippen MR) is 125 cm³/mol. The lowest BCUT2D eigenvalue weighted by Gasteiger charge is -2.13. The molecule has 1 aromatic carbocycles. The van der Waals surface area contributed by atoms with Crippen molar-refractivity contribution < 1.29 is 18.7 Å². The molecule has 5 rings (SSSR count). The van der Waals surface area contributed by atoms with E-state index in [0.717, 1.165) is 52.8 Å². The molecule has 3 aromatic heterocycles. The molecule has 0 unspecified atom stereocenters. The number of methoxy groups -OCH3 is 1. The van der Waals surface area contributed by atoms with Crippen molar-refractivity contribution in [2.75, 3.05) is 12.4 Å².